The van der Waals surface area contributed by atoms with E-state index in [4.69, 9.17) is 10.5 Å². The number of anilines is 1. The van der Waals surface area contributed by atoms with Crippen molar-refractivity contribution in [3.8, 4) is 5.75 Å². The molecule has 2 N–H and O–H groups in total. The highest BCUT2D eigenvalue weighted by Gasteiger charge is 2.06. The van der Waals surface area contributed by atoms with Gasteiger partial charge in [0.15, 0.2) is 0 Å². The van der Waals surface area contributed by atoms with Gasteiger partial charge in [0.05, 0.1) is 19.9 Å². The van der Waals surface area contributed by atoms with Crippen LogP contribution in [0.3, 0.4) is 0 Å². The Morgan fingerprint density at radius 3 is 2.88 bits per heavy atom. The van der Waals surface area contributed by atoms with E-state index in [-0.39, 0.29) is 0 Å². The highest BCUT2D eigenvalue weighted by atomic mass is 79.9. The largest absolute Gasteiger partial charge is 0.496 e. The van der Waals surface area contributed by atoms with E-state index < -0.39 is 0 Å². The van der Waals surface area contributed by atoms with Crippen molar-refractivity contribution >= 4 is 21.7 Å². The first-order chi connectivity index (χ1) is 7.70. The van der Waals surface area contributed by atoms with E-state index in [9.17, 15) is 0 Å². The minimum Gasteiger partial charge on any atom is -0.496 e. The van der Waals surface area contributed by atoms with Gasteiger partial charge in [0.2, 0.25) is 0 Å². The van der Waals surface area contributed by atoms with Crippen LogP contribution < -0.4 is 10.5 Å². The van der Waals surface area contributed by atoms with Crippen LogP contribution in [0.2, 0.25) is 0 Å². The number of hydrogen-bond donors (Lipinski definition) is 1. The van der Waals surface area contributed by atoms with E-state index >= 15 is 0 Å². The second-order valence-corrected chi connectivity index (χ2v) is 4.29. The van der Waals surface area contributed by atoms with Crippen LogP contribution in [-0.2, 0) is 6.54 Å². The molecule has 0 aliphatic rings. The molecule has 1 aromatic carbocycles. The fourth-order valence-electron chi connectivity index (χ4n) is 1.51. The predicted octanol–water partition coefficient (Wildman–Crippen LogP) is 2.28. The Kier molecular flexibility index (Phi) is 3.14. The molecule has 0 aliphatic carbocycles. The Balaban J connectivity index is 2.33. The molecule has 0 atom stereocenters. The number of aromatic nitrogens is 2. The van der Waals surface area contributed by atoms with Crippen LogP contribution in [0.4, 0.5) is 5.82 Å². The summed E-state index contributed by atoms with van der Waals surface area (Å²) in [7, 11) is 1.65. The lowest BCUT2D eigenvalue weighted by molar-refractivity contribution is 0.407. The number of nitrogen functional groups attached to an aromatic ring is 1. The van der Waals surface area contributed by atoms with E-state index in [2.05, 4.69) is 21.0 Å². The molecule has 0 radical (unpaired) electrons. The van der Waals surface area contributed by atoms with Gasteiger partial charge in [-0.15, -0.1) is 0 Å². The van der Waals surface area contributed by atoms with E-state index in [1.165, 1.54) is 0 Å². The molecular formula is C11H12BrN3O. The van der Waals surface area contributed by atoms with Gasteiger partial charge in [0, 0.05) is 10.0 Å². The maximum atomic E-state index is 5.77. The molecule has 2 aromatic rings. The Hall–Kier alpha value is -1.49. The topological polar surface area (TPSA) is 53.1 Å². The smallest absolute Gasteiger partial charge is 0.124 e. The van der Waals surface area contributed by atoms with Crippen molar-refractivity contribution in [2.45, 2.75) is 6.54 Å². The van der Waals surface area contributed by atoms with Gasteiger partial charge in [0.1, 0.15) is 11.6 Å². The standard InChI is InChI=1S/C11H12BrN3O/c1-16-10-3-2-9(12)6-8(10)7-15-11(13)4-5-14-15/h2-6H,7,13H2,1H3. The quantitative estimate of drug-likeness (QED) is 0.939. The number of rotatable bonds is 3. The monoisotopic (exact) mass is 281 g/mol. The zero-order chi connectivity index (χ0) is 11.5. The number of methoxy groups -OCH3 is 1. The van der Waals surface area contributed by atoms with Crippen molar-refractivity contribution < 1.29 is 4.74 Å². The van der Waals surface area contributed by atoms with Crippen molar-refractivity contribution in [1.82, 2.24) is 9.78 Å². The fraction of sp³-hybridized carbons (Fsp3) is 0.182. The maximum absolute atomic E-state index is 5.77. The second kappa shape index (κ2) is 4.57. The van der Waals surface area contributed by atoms with Crippen LogP contribution in [0.15, 0.2) is 34.9 Å². The molecule has 5 heteroatoms. The number of nitrogens with zero attached hydrogens (tertiary/aromatic N) is 2. The Morgan fingerprint density at radius 1 is 1.44 bits per heavy atom. The second-order valence-electron chi connectivity index (χ2n) is 3.37. The zero-order valence-electron chi connectivity index (χ0n) is 8.85. The number of halogens is 1. The van der Waals surface area contributed by atoms with Gasteiger partial charge in [-0.25, -0.2) is 4.68 Å². The summed E-state index contributed by atoms with van der Waals surface area (Å²) in [5.74, 6) is 1.47. The summed E-state index contributed by atoms with van der Waals surface area (Å²) in [5, 5.41) is 4.14. The predicted molar refractivity (Wildman–Crippen MR) is 66.4 cm³/mol. The van der Waals surface area contributed by atoms with Crippen molar-refractivity contribution in [1.29, 1.82) is 0 Å². The van der Waals surface area contributed by atoms with Gasteiger partial charge in [-0.2, -0.15) is 5.10 Å². The average molecular weight is 282 g/mol. The molecule has 0 fully saturated rings. The molecule has 0 aliphatic heterocycles. The highest BCUT2D eigenvalue weighted by Crippen LogP contribution is 2.24. The third kappa shape index (κ3) is 2.19. The number of nitrogens with two attached hydrogens (primary N) is 1. The summed E-state index contributed by atoms with van der Waals surface area (Å²) < 4.78 is 8.02. The Bertz CT molecular complexity index is 496. The third-order valence-electron chi connectivity index (χ3n) is 2.31. The van der Waals surface area contributed by atoms with Crippen molar-refractivity contribution in [3.63, 3.8) is 0 Å². The highest BCUT2D eigenvalue weighted by molar-refractivity contribution is 9.10. The summed E-state index contributed by atoms with van der Waals surface area (Å²) in [6.45, 7) is 0.599. The van der Waals surface area contributed by atoms with E-state index in [0.29, 0.717) is 12.4 Å². The first-order valence-electron chi connectivity index (χ1n) is 4.80. The number of benzene rings is 1. The van der Waals surface area contributed by atoms with Crippen molar-refractivity contribution in [2.24, 2.45) is 0 Å². The van der Waals surface area contributed by atoms with E-state index in [1.807, 2.05) is 18.2 Å². The van der Waals surface area contributed by atoms with Crippen LogP contribution in [0.1, 0.15) is 5.56 Å². The molecule has 0 spiro atoms. The lowest BCUT2D eigenvalue weighted by atomic mass is 10.2. The van der Waals surface area contributed by atoms with Crippen molar-refractivity contribution in [3.05, 3.63) is 40.5 Å². The number of hydrogen-bond acceptors (Lipinski definition) is 3. The molecule has 2 rings (SSSR count). The molecule has 84 valence electrons. The van der Waals surface area contributed by atoms with Crippen LogP contribution in [0.5, 0.6) is 5.75 Å². The van der Waals surface area contributed by atoms with E-state index in [0.717, 1.165) is 15.8 Å². The SMILES string of the molecule is COc1ccc(Br)cc1Cn1nccc1N. The lowest BCUT2D eigenvalue weighted by Gasteiger charge is -2.10. The van der Waals surface area contributed by atoms with Crippen molar-refractivity contribution in [2.75, 3.05) is 12.8 Å². The molecule has 16 heavy (non-hydrogen) atoms. The van der Waals surface area contributed by atoms with Gasteiger partial charge in [0.25, 0.3) is 0 Å². The van der Waals surface area contributed by atoms with Gasteiger partial charge < -0.3 is 10.5 Å². The van der Waals surface area contributed by atoms with Crippen LogP contribution in [-0.4, -0.2) is 16.9 Å². The Labute approximate surface area is 102 Å². The third-order valence-corrected chi connectivity index (χ3v) is 2.81. The minimum atomic E-state index is 0.599. The summed E-state index contributed by atoms with van der Waals surface area (Å²) in [6, 6.07) is 7.62. The maximum Gasteiger partial charge on any atom is 0.124 e. The van der Waals surface area contributed by atoms with Gasteiger partial charge >= 0.3 is 0 Å². The molecule has 0 saturated heterocycles. The molecule has 1 heterocycles. The zero-order valence-corrected chi connectivity index (χ0v) is 10.4. The molecule has 0 bridgehead atoms. The normalized spacial score (nSPS) is 10.4. The van der Waals surface area contributed by atoms with Gasteiger partial charge in [-0.05, 0) is 24.3 Å². The Morgan fingerprint density at radius 2 is 2.25 bits per heavy atom. The van der Waals surface area contributed by atoms with Crippen LogP contribution >= 0.6 is 15.9 Å². The average Bonchev–Trinajstić information content (AvgIpc) is 2.65. The molecule has 0 saturated carbocycles. The van der Waals surface area contributed by atoms with Gasteiger partial charge in [-0.3, -0.25) is 0 Å². The molecule has 1 aromatic heterocycles. The minimum absolute atomic E-state index is 0.599. The first-order valence-corrected chi connectivity index (χ1v) is 5.59. The van der Waals surface area contributed by atoms with Crippen LogP contribution in [0.25, 0.3) is 0 Å². The number of ether oxygens (including phenoxy) is 1. The summed E-state index contributed by atoms with van der Waals surface area (Å²) in [4.78, 5) is 0. The molecular weight excluding hydrogens is 270 g/mol. The first kappa shape index (κ1) is 11.0. The molecule has 4 nitrogen and oxygen atoms in total. The lowest BCUT2D eigenvalue weighted by Crippen LogP contribution is -2.06. The summed E-state index contributed by atoms with van der Waals surface area (Å²) in [5.41, 5.74) is 6.80. The summed E-state index contributed by atoms with van der Waals surface area (Å²) >= 11 is 3.43. The fourth-order valence-corrected chi connectivity index (χ4v) is 1.92. The van der Waals surface area contributed by atoms with Crippen LogP contribution in [0, 0.1) is 0 Å². The molecule has 0 amide bonds. The molecule has 0 unspecified atom stereocenters. The summed E-state index contributed by atoms with van der Waals surface area (Å²) in [6.07, 6.45) is 1.68. The van der Waals surface area contributed by atoms with E-state index in [1.54, 1.807) is 24.1 Å². The van der Waals surface area contributed by atoms with Gasteiger partial charge in [-0.1, -0.05) is 15.9 Å².